The van der Waals surface area contributed by atoms with Crippen LogP contribution in [0.3, 0.4) is 0 Å². The van der Waals surface area contributed by atoms with Crippen LogP contribution in [0, 0.1) is 5.92 Å². The Labute approximate surface area is 136 Å². The van der Waals surface area contributed by atoms with Crippen molar-refractivity contribution in [2.45, 2.75) is 51.0 Å². The maximum atomic E-state index is 12.0. The molecule has 1 saturated carbocycles. The number of hydrogen-bond acceptors (Lipinski definition) is 3. The van der Waals surface area contributed by atoms with Crippen LogP contribution in [0.15, 0.2) is 18.2 Å². The van der Waals surface area contributed by atoms with Crippen LogP contribution in [-0.4, -0.2) is 29.6 Å². The van der Waals surface area contributed by atoms with Gasteiger partial charge in [-0.15, -0.1) is 0 Å². The number of aryl methyl sites for hydroxylation is 2. The third-order valence-electron chi connectivity index (χ3n) is 4.87. The highest BCUT2D eigenvalue weighted by molar-refractivity contribution is 5.79. The summed E-state index contributed by atoms with van der Waals surface area (Å²) in [5.74, 6) is -0.839. The number of benzene rings is 1. The third-order valence-corrected chi connectivity index (χ3v) is 4.87. The second kappa shape index (κ2) is 7.02. The number of ether oxygens (including phenoxy) is 1. The van der Waals surface area contributed by atoms with E-state index in [-0.39, 0.29) is 18.6 Å². The van der Waals surface area contributed by atoms with Crippen molar-refractivity contribution in [2.75, 3.05) is 6.61 Å². The van der Waals surface area contributed by atoms with Gasteiger partial charge < -0.3 is 15.2 Å². The minimum atomic E-state index is -0.830. The molecular formula is C18H23NO4. The van der Waals surface area contributed by atoms with Gasteiger partial charge in [-0.2, -0.15) is 0 Å². The number of rotatable bonds is 5. The molecule has 0 radical (unpaired) electrons. The van der Waals surface area contributed by atoms with Gasteiger partial charge in [0.15, 0.2) is 6.61 Å². The summed E-state index contributed by atoms with van der Waals surface area (Å²) < 4.78 is 5.58. The molecule has 1 amide bonds. The van der Waals surface area contributed by atoms with E-state index in [4.69, 9.17) is 9.84 Å². The first kappa shape index (κ1) is 15.8. The van der Waals surface area contributed by atoms with E-state index < -0.39 is 11.9 Å². The Balaban J connectivity index is 1.52. The Morgan fingerprint density at radius 2 is 1.91 bits per heavy atom. The fraction of sp³-hybridized carbons (Fsp3) is 0.556. The normalized spacial score (nSPS) is 23.1. The highest BCUT2D eigenvalue weighted by atomic mass is 16.5. The fourth-order valence-electron chi connectivity index (χ4n) is 3.63. The van der Waals surface area contributed by atoms with Crippen molar-refractivity contribution < 1.29 is 19.4 Å². The second-order valence-corrected chi connectivity index (χ2v) is 6.48. The lowest BCUT2D eigenvalue weighted by atomic mass is 9.92. The van der Waals surface area contributed by atoms with E-state index in [9.17, 15) is 9.59 Å². The molecule has 2 aliphatic carbocycles. The number of amides is 1. The number of aliphatic carboxylic acids is 1. The number of nitrogens with one attached hydrogen (secondary N) is 1. The summed E-state index contributed by atoms with van der Waals surface area (Å²) in [5, 5.41) is 11.9. The average Bonchev–Trinajstić information content (AvgIpc) is 3.01. The van der Waals surface area contributed by atoms with Gasteiger partial charge in [-0.05, 0) is 61.8 Å². The Hall–Kier alpha value is -2.04. The van der Waals surface area contributed by atoms with Gasteiger partial charge in [-0.25, -0.2) is 0 Å². The van der Waals surface area contributed by atoms with E-state index in [2.05, 4.69) is 11.4 Å². The van der Waals surface area contributed by atoms with Gasteiger partial charge in [0.1, 0.15) is 5.75 Å². The predicted octanol–water partition coefficient (Wildman–Crippen LogP) is 2.31. The molecular weight excluding hydrogens is 294 g/mol. The Morgan fingerprint density at radius 3 is 2.70 bits per heavy atom. The molecule has 124 valence electrons. The average molecular weight is 317 g/mol. The van der Waals surface area contributed by atoms with Crippen molar-refractivity contribution in [3.63, 3.8) is 0 Å². The zero-order chi connectivity index (χ0) is 16.2. The van der Waals surface area contributed by atoms with Crippen LogP contribution in [0.1, 0.15) is 43.2 Å². The van der Waals surface area contributed by atoms with Crippen LogP contribution in [0.5, 0.6) is 5.75 Å². The predicted molar refractivity (Wildman–Crippen MR) is 85.5 cm³/mol. The van der Waals surface area contributed by atoms with Crippen LogP contribution in [0.2, 0.25) is 0 Å². The number of carbonyl (C=O) groups excluding carboxylic acids is 1. The number of carboxylic acids is 1. The molecule has 23 heavy (non-hydrogen) atoms. The van der Waals surface area contributed by atoms with Crippen molar-refractivity contribution in [1.29, 1.82) is 0 Å². The van der Waals surface area contributed by atoms with E-state index in [0.29, 0.717) is 12.2 Å². The Bertz CT molecular complexity index is 599. The van der Waals surface area contributed by atoms with Gasteiger partial charge in [0.25, 0.3) is 5.91 Å². The largest absolute Gasteiger partial charge is 0.484 e. The Kier molecular flexibility index (Phi) is 4.84. The molecule has 0 spiro atoms. The Morgan fingerprint density at radius 1 is 1.13 bits per heavy atom. The summed E-state index contributed by atoms with van der Waals surface area (Å²) in [5.41, 5.74) is 2.69. The second-order valence-electron chi connectivity index (χ2n) is 6.48. The van der Waals surface area contributed by atoms with Gasteiger partial charge in [-0.3, -0.25) is 9.59 Å². The van der Waals surface area contributed by atoms with E-state index >= 15 is 0 Å². The minimum absolute atomic E-state index is 0.0678. The highest BCUT2D eigenvalue weighted by Gasteiger charge is 2.33. The summed E-state index contributed by atoms with van der Waals surface area (Å²) in [6.45, 7) is -0.0678. The molecule has 0 heterocycles. The van der Waals surface area contributed by atoms with Gasteiger partial charge in [0.2, 0.25) is 0 Å². The van der Waals surface area contributed by atoms with E-state index in [1.54, 1.807) is 0 Å². The van der Waals surface area contributed by atoms with Gasteiger partial charge >= 0.3 is 5.97 Å². The van der Waals surface area contributed by atoms with E-state index in [1.165, 1.54) is 24.0 Å². The molecule has 0 aliphatic heterocycles. The lowest BCUT2D eigenvalue weighted by Crippen LogP contribution is -2.42. The standard InChI is InChI=1S/C18H23NO4/c20-17(19-16-7-3-6-15(16)18(21)22)11-23-14-9-8-12-4-1-2-5-13(12)10-14/h8-10,15-16H,1-7,11H2,(H,19,20)(H,21,22)/t15-,16+/m1/s1. The summed E-state index contributed by atoms with van der Waals surface area (Å²) in [7, 11) is 0. The summed E-state index contributed by atoms with van der Waals surface area (Å²) in [6.07, 6.45) is 6.83. The molecule has 5 heteroatoms. The molecule has 2 aliphatic rings. The maximum absolute atomic E-state index is 12.0. The monoisotopic (exact) mass is 317 g/mol. The molecule has 3 rings (SSSR count). The van der Waals surface area contributed by atoms with Crippen molar-refractivity contribution in [3.8, 4) is 5.75 Å². The number of fused-ring (bicyclic) bond motifs is 1. The van der Waals surface area contributed by atoms with Crippen LogP contribution >= 0.6 is 0 Å². The molecule has 0 aromatic heterocycles. The van der Waals surface area contributed by atoms with Crippen molar-refractivity contribution in [2.24, 2.45) is 5.92 Å². The molecule has 0 unspecified atom stereocenters. The molecule has 2 N–H and O–H groups in total. The number of carbonyl (C=O) groups is 2. The SMILES string of the molecule is O=C(COc1ccc2c(c1)CCCC2)N[C@H]1CCC[C@H]1C(=O)O. The van der Waals surface area contributed by atoms with Crippen molar-refractivity contribution in [1.82, 2.24) is 5.32 Å². The molecule has 1 aromatic rings. The molecule has 0 saturated heterocycles. The van der Waals surface area contributed by atoms with Crippen LogP contribution < -0.4 is 10.1 Å². The first-order valence-corrected chi connectivity index (χ1v) is 8.40. The topological polar surface area (TPSA) is 75.6 Å². The van der Waals surface area contributed by atoms with Gasteiger partial charge in [-0.1, -0.05) is 12.5 Å². The lowest BCUT2D eigenvalue weighted by Gasteiger charge is -2.19. The highest BCUT2D eigenvalue weighted by Crippen LogP contribution is 2.26. The maximum Gasteiger partial charge on any atom is 0.308 e. The van der Waals surface area contributed by atoms with Crippen molar-refractivity contribution >= 4 is 11.9 Å². The minimum Gasteiger partial charge on any atom is -0.484 e. The quantitative estimate of drug-likeness (QED) is 0.874. The summed E-state index contributed by atoms with van der Waals surface area (Å²) in [6, 6.07) is 5.75. The van der Waals surface area contributed by atoms with Crippen molar-refractivity contribution in [3.05, 3.63) is 29.3 Å². The zero-order valence-corrected chi connectivity index (χ0v) is 13.2. The first-order valence-electron chi connectivity index (χ1n) is 8.40. The molecule has 5 nitrogen and oxygen atoms in total. The smallest absolute Gasteiger partial charge is 0.308 e. The molecule has 1 fully saturated rings. The first-order chi connectivity index (χ1) is 11.1. The van der Waals surface area contributed by atoms with E-state index in [1.807, 2.05) is 12.1 Å². The zero-order valence-electron chi connectivity index (χ0n) is 13.2. The number of hydrogen-bond donors (Lipinski definition) is 2. The third kappa shape index (κ3) is 3.84. The summed E-state index contributed by atoms with van der Waals surface area (Å²) in [4.78, 5) is 23.1. The molecule has 0 bridgehead atoms. The number of carboxylic acid groups (broad SMARTS) is 1. The van der Waals surface area contributed by atoms with Crippen LogP contribution in [-0.2, 0) is 22.4 Å². The summed E-state index contributed by atoms with van der Waals surface area (Å²) >= 11 is 0. The molecule has 2 atom stereocenters. The fourth-order valence-corrected chi connectivity index (χ4v) is 3.63. The lowest BCUT2D eigenvalue weighted by molar-refractivity contribution is -0.142. The van der Waals surface area contributed by atoms with E-state index in [0.717, 1.165) is 25.7 Å². The molecule has 1 aromatic carbocycles. The van der Waals surface area contributed by atoms with Gasteiger partial charge in [0.05, 0.1) is 5.92 Å². The van der Waals surface area contributed by atoms with Crippen LogP contribution in [0.25, 0.3) is 0 Å². The van der Waals surface area contributed by atoms with Gasteiger partial charge in [0, 0.05) is 6.04 Å². The van der Waals surface area contributed by atoms with Crippen LogP contribution in [0.4, 0.5) is 0 Å².